The van der Waals surface area contributed by atoms with E-state index in [4.69, 9.17) is 11.6 Å². The van der Waals surface area contributed by atoms with Crippen LogP contribution in [0.15, 0.2) is 24.3 Å². The van der Waals surface area contributed by atoms with Gasteiger partial charge >= 0.3 is 0 Å². The van der Waals surface area contributed by atoms with Crippen LogP contribution in [0.3, 0.4) is 0 Å². The van der Waals surface area contributed by atoms with Crippen molar-refractivity contribution in [2.45, 2.75) is 46.2 Å². The minimum absolute atomic E-state index is 0.0417. The Balaban J connectivity index is 2.54. The Morgan fingerprint density at radius 1 is 1.30 bits per heavy atom. The molecule has 0 aliphatic heterocycles. The first-order chi connectivity index (χ1) is 9.33. The highest BCUT2D eigenvalue weighted by Crippen LogP contribution is 2.17. The lowest BCUT2D eigenvalue weighted by molar-refractivity contribution is -0.131. The summed E-state index contributed by atoms with van der Waals surface area (Å²) in [7, 11) is 0. The molecule has 1 N–H and O–H groups in total. The van der Waals surface area contributed by atoms with Crippen molar-refractivity contribution < 1.29 is 4.79 Å². The van der Waals surface area contributed by atoms with E-state index in [0.717, 1.165) is 5.56 Å². The Hall–Kier alpha value is -1.06. The molecule has 0 saturated heterocycles. The molecule has 0 radical (unpaired) electrons. The quantitative estimate of drug-likeness (QED) is 0.872. The van der Waals surface area contributed by atoms with E-state index in [1.807, 2.05) is 36.1 Å². The molecule has 0 fully saturated rings. The maximum Gasteiger partial charge on any atom is 0.224 e. The lowest BCUT2D eigenvalue weighted by Gasteiger charge is -2.24. The molecule has 20 heavy (non-hydrogen) atoms. The van der Waals surface area contributed by atoms with Crippen LogP contribution in [0.5, 0.6) is 0 Å². The van der Waals surface area contributed by atoms with Gasteiger partial charge in [-0.3, -0.25) is 4.79 Å². The molecule has 1 rings (SSSR count). The third-order valence-electron chi connectivity index (χ3n) is 3.05. The van der Waals surface area contributed by atoms with Crippen LogP contribution >= 0.6 is 11.6 Å². The van der Waals surface area contributed by atoms with Crippen molar-refractivity contribution in [1.82, 2.24) is 10.2 Å². The number of benzene rings is 1. The number of rotatable bonds is 6. The molecule has 0 aliphatic carbocycles. The molecule has 1 amide bonds. The molecule has 112 valence electrons. The molecule has 0 saturated carbocycles. The van der Waals surface area contributed by atoms with Crippen LogP contribution in [0.4, 0.5) is 0 Å². The first kappa shape index (κ1) is 17.0. The van der Waals surface area contributed by atoms with E-state index in [9.17, 15) is 4.79 Å². The second kappa shape index (κ2) is 7.65. The summed E-state index contributed by atoms with van der Waals surface area (Å²) in [4.78, 5) is 14.1. The van der Waals surface area contributed by atoms with E-state index >= 15 is 0 Å². The van der Waals surface area contributed by atoms with Crippen molar-refractivity contribution in [2.24, 2.45) is 0 Å². The number of nitrogens with zero attached hydrogens (tertiary/aromatic N) is 1. The molecule has 1 aromatic rings. The fraction of sp³-hybridized carbons (Fsp3) is 0.562. The van der Waals surface area contributed by atoms with E-state index in [0.29, 0.717) is 31.1 Å². The maximum atomic E-state index is 12.2. The maximum absolute atomic E-state index is 12.2. The number of carbonyl (C=O) groups excluding carboxylic acids is 1. The van der Waals surface area contributed by atoms with Crippen molar-refractivity contribution in [3.63, 3.8) is 0 Å². The van der Waals surface area contributed by atoms with Crippen molar-refractivity contribution >= 4 is 17.5 Å². The van der Waals surface area contributed by atoms with Gasteiger partial charge in [0.15, 0.2) is 0 Å². The SMILES string of the molecule is CCN(Cc1ccccc1Cl)C(=O)CCNC(C)(C)C. The van der Waals surface area contributed by atoms with Gasteiger partial charge in [-0.05, 0) is 39.3 Å². The van der Waals surface area contributed by atoms with Crippen LogP contribution in [0.1, 0.15) is 39.7 Å². The molecule has 0 aromatic heterocycles. The summed E-state index contributed by atoms with van der Waals surface area (Å²) in [5.74, 6) is 0.157. The zero-order chi connectivity index (χ0) is 15.2. The Morgan fingerprint density at radius 3 is 2.50 bits per heavy atom. The van der Waals surface area contributed by atoms with E-state index < -0.39 is 0 Å². The molecule has 1 aromatic carbocycles. The lowest BCUT2D eigenvalue weighted by Crippen LogP contribution is -2.39. The predicted octanol–water partition coefficient (Wildman–Crippen LogP) is 3.47. The van der Waals surface area contributed by atoms with Gasteiger partial charge in [-0.25, -0.2) is 0 Å². The van der Waals surface area contributed by atoms with Crippen LogP contribution < -0.4 is 5.32 Å². The average Bonchev–Trinajstić information content (AvgIpc) is 2.36. The van der Waals surface area contributed by atoms with E-state index in [1.54, 1.807) is 0 Å². The Kier molecular flexibility index (Phi) is 6.50. The second-order valence-electron chi connectivity index (χ2n) is 5.93. The summed E-state index contributed by atoms with van der Waals surface area (Å²) in [6.07, 6.45) is 0.509. The van der Waals surface area contributed by atoms with Crippen molar-refractivity contribution in [3.8, 4) is 0 Å². The summed E-state index contributed by atoms with van der Waals surface area (Å²) in [5.41, 5.74) is 1.04. The first-order valence-electron chi connectivity index (χ1n) is 7.09. The smallest absolute Gasteiger partial charge is 0.224 e. The summed E-state index contributed by atoms with van der Waals surface area (Å²) in [6.45, 7) is 10.2. The molecular weight excluding hydrogens is 272 g/mol. The van der Waals surface area contributed by atoms with Gasteiger partial charge in [0.1, 0.15) is 0 Å². The van der Waals surface area contributed by atoms with E-state index in [2.05, 4.69) is 26.1 Å². The Morgan fingerprint density at radius 2 is 1.95 bits per heavy atom. The van der Waals surface area contributed by atoms with E-state index in [1.165, 1.54) is 0 Å². The van der Waals surface area contributed by atoms with Gasteiger partial charge < -0.3 is 10.2 Å². The highest BCUT2D eigenvalue weighted by atomic mass is 35.5. The van der Waals surface area contributed by atoms with E-state index in [-0.39, 0.29) is 11.4 Å². The van der Waals surface area contributed by atoms with Crippen LogP contribution in [-0.4, -0.2) is 29.4 Å². The van der Waals surface area contributed by atoms with Crippen molar-refractivity contribution in [1.29, 1.82) is 0 Å². The largest absolute Gasteiger partial charge is 0.339 e. The zero-order valence-electron chi connectivity index (χ0n) is 12.9. The number of hydrogen-bond donors (Lipinski definition) is 1. The third kappa shape index (κ3) is 5.93. The van der Waals surface area contributed by atoms with Crippen molar-refractivity contribution in [2.75, 3.05) is 13.1 Å². The number of halogens is 1. The molecule has 0 spiro atoms. The normalized spacial score (nSPS) is 11.4. The summed E-state index contributed by atoms with van der Waals surface area (Å²) in [6, 6.07) is 7.67. The number of hydrogen-bond acceptors (Lipinski definition) is 2. The van der Waals surface area contributed by atoms with Gasteiger partial charge in [0, 0.05) is 36.6 Å². The van der Waals surface area contributed by atoms with Crippen LogP contribution in [-0.2, 0) is 11.3 Å². The predicted molar refractivity (Wildman–Crippen MR) is 84.9 cm³/mol. The minimum atomic E-state index is 0.0417. The van der Waals surface area contributed by atoms with Gasteiger partial charge in [0.05, 0.1) is 0 Å². The molecule has 0 heterocycles. The lowest BCUT2D eigenvalue weighted by atomic mass is 10.1. The number of carbonyl (C=O) groups is 1. The van der Waals surface area contributed by atoms with Gasteiger partial charge in [-0.1, -0.05) is 29.8 Å². The highest BCUT2D eigenvalue weighted by Gasteiger charge is 2.15. The van der Waals surface area contributed by atoms with Gasteiger partial charge in [0.25, 0.3) is 0 Å². The summed E-state index contributed by atoms with van der Waals surface area (Å²) in [5, 5.41) is 4.05. The van der Waals surface area contributed by atoms with Gasteiger partial charge in [-0.15, -0.1) is 0 Å². The third-order valence-corrected chi connectivity index (χ3v) is 3.42. The second-order valence-corrected chi connectivity index (χ2v) is 6.33. The molecule has 0 unspecified atom stereocenters. The van der Waals surface area contributed by atoms with Crippen LogP contribution in [0, 0.1) is 0 Å². The highest BCUT2D eigenvalue weighted by molar-refractivity contribution is 6.31. The summed E-state index contributed by atoms with van der Waals surface area (Å²) < 4.78 is 0. The monoisotopic (exact) mass is 296 g/mol. The number of amides is 1. The van der Waals surface area contributed by atoms with Crippen molar-refractivity contribution in [3.05, 3.63) is 34.9 Å². The topological polar surface area (TPSA) is 32.3 Å². The van der Waals surface area contributed by atoms with Gasteiger partial charge in [-0.2, -0.15) is 0 Å². The average molecular weight is 297 g/mol. The minimum Gasteiger partial charge on any atom is -0.339 e. The number of nitrogens with one attached hydrogen (secondary N) is 1. The fourth-order valence-corrected chi connectivity index (χ4v) is 2.11. The molecule has 0 atom stereocenters. The Labute approximate surface area is 127 Å². The molecule has 0 bridgehead atoms. The molecular formula is C16H25ClN2O. The molecule has 4 heteroatoms. The molecule has 3 nitrogen and oxygen atoms in total. The zero-order valence-corrected chi connectivity index (χ0v) is 13.6. The van der Waals surface area contributed by atoms with Crippen LogP contribution in [0.2, 0.25) is 5.02 Å². The molecule has 0 aliphatic rings. The Bertz CT molecular complexity index is 440. The summed E-state index contributed by atoms with van der Waals surface area (Å²) >= 11 is 6.14. The van der Waals surface area contributed by atoms with Crippen LogP contribution in [0.25, 0.3) is 0 Å². The fourth-order valence-electron chi connectivity index (χ4n) is 1.91. The first-order valence-corrected chi connectivity index (χ1v) is 7.47. The van der Waals surface area contributed by atoms with Gasteiger partial charge in [0.2, 0.25) is 5.91 Å². The standard InChI is InChI=1S/C16H25ClN2O/c1-5-19(12-13-8-6-7-9-14(13)17)15(20)10-11-18-16(2,3)4/h6-9,18H,5,10-12H2,1-4H3.